The second-order valence-corrected chi connectivity index (χ2v) is 4.27. The third-order valence-corrected chi connectivity index (χ3v) is 2.83. The second-order valence-electron chi connectivity index (χ2n) is 2.11. The fraction of sp³-hybridized carbons (Fsp3) is 0.250. The van der Waals surface area contributed by atoms with E-state index in [1.165, 1.54) is 17.8 Å². The van der Waals surface area contributed by atoms with Crippen LogP contribution in [0.15, 0.2) is 21.5 Å². The number of rotatable bonds is 2. The maximum absolute atomic E-state index is 13.0. The molecule has 1 aromatic carbocycles. The molecule has 12 heavy (non-hydrogen) atoms. The van der Waals surface area contributed by atoms with Crippen LogP contribution in [-0.4, -0.2) is 5.75 Å². The fourth-order valence-corrected chi connectivity index (χ4v) is 1.77. The van der Waals surface area contributed by atoms with Gasteiger partial charge in [-0.15, -0.1) is 11.8 Å². The van der Waals surface area contributed by atoms with Crippen molar-refractivity contribution in [3.63, 3.8) is 0 Å². The van der Waals surface area contributed by atoms with E-state index in [4.69, 9.17) is 0 Å². The van der Waals surface area contributed by atoms with Crippen molar-refractivity contribution in [2.24, 2.45) is 0 Å². The zero-order valence-corrected chi connectivity index (χ0v) is 8.81. The molecular formula is C8H7BrF2S. The molecule has 0 amide bonds. The molecule has 1 aromatic rings. The van der Waals surface area contributed by atoms with Gasteiger partial charge in [-0.05, 0) is 33.8 Å². The highest BCUT2D eigenvalue weighted by molar-refractivity contribution is 9.10. The van der Waals surface area contributed by atoms with Gasteiger partial charge in [-0.1, -0.05) is 6.92 Å². The second kappa shape index (κ2) is 4.23. The maximum Gasteiger partial charge on any atom is 0.174 e. The average Bonchev–Trinajstić information content (AvgIpc) is 2.07. The first-order chi connectivity index (χ1) is 5.66. The van der Waals surface area contributed by atoms with Gasteiger partial charge in [0, 0.05) is 4.90 Å². The SMILES string of the molecule is CCSc1ccc(Br)c(F)c1F. The van der Waals surface area contributed by atoms with Crippen molar-refractivity contribution >= 4 is 27.7 Å². The standard InChI is InChI=1S/C8H7BrF2S/c1-2-12-6-4-3-5(9)7(10)8(6)11/h3-4H,2H2,1H3. The highest BCUT2D eigenvalue weighted by atomic mass is 79.9. The molecule has 0 spiro atoms. The molecule has 0 radical (unpaired) electrons. The van der Waals surface area contributed by atoms with Gasteiger partial charge < -0.3 is 0 Å². The molecule has 0 N–H and O–H groups in total. The minimum Gasteiger partial charge on any atom is -0.202 e. The van der Waals surface area contributed by atoms with Crippen LogP contribution in [0, 0.1) is 11.6 Å². The Morgan fingerprint density at radius 2 is 2.00 bits per heavy atom. The lowest BCUT2D eigenvalue weighted by atomic mass is 10.3. The Hall–Kier alpha value is -0.0900. The van der Waals surface area contributed by atoms with Gasteiger partial charge in [0.05, 0.1) is 4.47 Å². The smallest absolute Gasteiger partial charge is 0.174 e. The lowest BCUT2D eigenvalue weighted by Crippen LogP contribution is -1.89. The lowest BCUT2D eigenvalue weighted by Gasteiger charge is -2.02. The normalized spacial score (nSPS) is 10.3. The monoisotopic (exact) mass is 252 g/mol. The van der Waals surface area contributed by atoms with E-state index in [0.29, 0.717) is 4.90 Å². The van der Waals surface area contributed by atoms with Gasteiger partial charge in [-0.2, -0.15) is 0 Å². The topological polar surface area (TPSA) is 0 Å². The van der Waals surface area contributed by atoms with Crippen LogP contribution >= 0.6 is 27.7 Å². The third-order valence-electron chi connectivity index (χ3n) is 1.30. The first-order valence-corrected chi connectivity index (χ1v) is 5.21. The average molecular weight is 253 g/mol. The van der Waals surface area contributed by atoms with Crippen LogP contribution in [-0.2, 0) is 0 Å². The van der Waals surface area contributed by atoms with Crippen molar-refractivity contribution < 1.29 is 8.78 Å². The van der Waals surface area contributed by atoms with Crippen LogP contribution in [0.4, 0.5) is 8.78 Å². The van der Waals surface area contributed by atoms with E-state index in [9.17, 15) is 8.78 Å². The van der Waals surface area contributed by atoms with Crippen LogP contribution in [0.25, 0.3) is 0 Å². The van der Waals surface area contributed by atoms with Crippen molar-refractivity contribution in [3.8, 4) is 0 Å². The van der Waals surface area contributed by atoms with Gasteiger partial charge in [-0.3, -0.25) is 0 Å². The van der Waals surface area contributed by atoms with E-state index in [1.54, 1.807) is 6.07 Å². The molecule has 4 heteroatoms. The number of hydrogen-bond acceptors (Lipinski definition) is 1. The first kappa shape index (κ1) is 9.99. The molecule has 0 nitrogen and oxygen atoms in total. The van der Waals surface area contributed by atoms with Crippen molar-refractivity contribution in [2.45, 2.75) is 11.8 Å². The van der Waals surface area contributed by atoms with Gasteiger partial charge in [-0.25, -0.2) is 8.78 Å². The molecule has 0 fully saturated rings. The zero-order valence-electron chi connectivity index (χ0n) is 6.40. The zero-order chi connectivity index (χ0) is 9.14. The van der Waals surface area contributed by atoms with E-state index in [2.05, 4.69) is 15.9 Å². The minimum absolute atomic E-state index is 0.167. The largest absolute Gasteiger partial charge is 0.202 e. The highest BCUT2D eigenvalue weighted by Crippen LogP contribution is 2.27. The maximum atomic E-state index is 13.0. The number of thioether (sulfide) groups is 1. The van der Waals surface area contributed by atoms with Crippen molar-refractivity contribution in [1.82, 2.24) is 0 Å². The predicted molar refractivity (Wildman–Crippen MR) is 50.5 cm³/mol. The van der Waals surface area contributed by atoms with Gasteiger partial charge >= 0.3 is 0 Å². The summed E-state index contributed by atoms with van der Waals surface area (Å²) in [6, 6.07) is 3.08. The van der Waals surface area contributed by atoms with E-state index >= 15 is 0 Å². The van der Waals surface area contributed by atoms with Gasteiger partial charge in [0.2, 0.25) is 0 Å². The first-order valence-electron chi connectivity index (χ1n) is 3.43. The van der Waals surface area contributed by atoms with Gasteiger partial charge in [0.1, 0.15) is 0 Å². The third kappa shape index (κ3) is 1.98. The lowest BCUT2D eigenvalue weighted by molar-refractivity contribution is 0.487. The molecule has 0 saturated heterocycles. The summed E-state index contributed by atoms with van der Waals surface area (Å²) in [6.45, 7) is 1.89. The molecule has 0 bridgehead atoms. The molecule has 66 valence electrons. The quantitative estimate of drug-likeness (QED) is 0.570. The van der Waals surface area contributed by atoms with E-state index in [1.807, 2.05) is 6.92 Å². The van der Waals surface area contributed by atoms with Crippen LogP contribution in [0.5, 0.6) is 0 Å². The van der Waals surface area contributed by atoms with Crippen LogP contribution in [0.3, 0.4) is 0 Å². The molecule has 0 aromatic heterocycles. The number of halogens is 3. The Bertz CT molecular complexity index is 289. The van der Waals surface area contributed by atoms with Crippen LogP contribution in [0.1, 0.15) is 6.92 Å². The van der Waals surface area contributed by atoms with Crippen LogP contribution in [0.2, 0.25) is 0 Å². The number of benzene rings is 1. The molecule has 0 heterocycles. The Morgan fingerprint density at radius 3 is 2.58 bits per heavy atom. The van der Waals surface area contributed by atoms with E-state index in [0.717, 1.165) is 5.75 Å². The molecule has 0 aliphatic heterocycles. The molecule has 0 saturated carbocycles. The Balaban J connectivity index is 3.08. The molecule has 0 aliphatic carbocycles. The summed E-state index contributed by atoms with van der Waals surface area (Å²) in [4.78, 5) is 0.359. The van der Waals surface area contributed by atoms with E-state index < -0.39 is 11.6 Å². The molecular weight excluding hydrogens is 246 g/mol. The summed E-state index contributed by atoms with van der Waals surface area (Å²) in [6.07, 6.45) is 0. The number of hydrogen-bond donors (Lipinski definition) is 0. The molecule has 0 atom stereocenters. The van der Waals surface area contributed by atoms with Crippen molar-refractivity contribution in [3.05, 3.63) is 28.2 Å². The molecule has 1 rings (SSSR count). The molecule has 0 unspecified atom stereocenters. The summed E-state index contributed by atoms with van der Waals surface area (Å²) < 4.78 is 26.1. The summed E-state index contributed by atoms with van der Waals surface area (Å²) in [5, 5.41) is 0. The van der Waals surface area contributed by atoms with E-state index in [-0.39, 0.29) is 4.47 Å². The van der Waals surface area contributed by atoms with Crippen LogP contribution < -0.4 is 0 Å². The Morgan fingerprint density at radius 1 is 1.33 bits per heavy atom. The summed E-state index contributed by atoms with van der Waals surface area (Å²) in [7, 11) is 0. The predicted octanol–water partition coefficient (Wildman–Crippen LogP) is 3.84. The summed E-state index contributed by atoms with van der Waals surface area (Å²) in [5.74, 6) is -0.845. The summed E-state index contributed by atoms with van der Waals surface area (Å²) in [5.41, 5.74) is 0. The van der Waals surface area contributed by atoms with Crippen molar-refractivity contribution in [1.29, 1.82) is 0 Å². The van der Waals surface area contributed by atoms with Gasteiger partial charge in [0.15, 0.2) is 11.6 Å². The Labute approximate surface area is 82.5 Å². The van der Waals surface area contributed by atoms with Crippen molar-refractivity contribution in [2.75, 3.05) is 5.75 Å². The Kier molecular flexibility index (Phi) is 3.53. The highest BCUT2D eigenvalue weighted by Gasteiger charge is 2.10. The summed E-state index contributed by atoms with van der Waals surface area (Å²) >= 11 is 4.20. The molecule has 0 aliphatic rings. The van der Waals surface area contributed by atoms with Gasteiger partial charge in [0.25, 0.3) is 0 Å². The minimum atomic E-state index is -0.812. The fourth-order valence-electron chi connectivity index (χ4n) is 0.775.